The van der Waals surface area contributed by atoms with Gasteiger partial charge in [-0.3, -0.25) is 4.90 Å². The maximum atomic E-state index is 6.25. The minimum absolute atomic E-state index is 0. The van der Waals surface area contributed by atoms with Crippen LogP contribution in [-0.4, -0.2) is 31.1 Å². The molecule has 2 aromatic rings. The van der Waals surface area contributed by atoms with Gasteiger partial charge in [0.15, 0.2) is 0 Å². The van der Waals surface area contributed by atoms with Gasteiger partial charge in [0.2, 0.25) is 0 Å². The van der Waals surface area contributed by atoms with Crippen molar-refractivity contribution in [3.8, 4) is 5.75 Å². The Morgan fingerprint density at radius 3 is 2.26 bits per heavy atom. The normalized spacial score (nSPS) is 16.5. The van der Waals surface area contributed by atoms with Crippen molar-refractivity contribution >= 4 is 24.8 Å². The maximum absolute atomic E-state index is 6.25. The lowest BCUT2D eigenvalue weighted by molar-refractivity contribution is 0.125. The van der Waals surface area contributed by atoms with E-state index in [1.165, 1.54) is 17.5 Å². The number of ether oxygens (including phenoxy) is 1. The Balaban J connectivity index is 0.00000182. The summed E-state index contributed by atoms with van der Waals surface area (Å²) in [6.07, 6.45) is 1.17. The summed E-state index contributed by atoms with van der Waals surface area (Å²) >= 11 is 0. The third kappa shape index (κ3) is 6.39. The van der Waals surface area contributed by atoms with Crippen LogP contribution < -0.4 is 10.1 Å². The fourth-order valence-corrected chi connectivity index (χ4v) is 3.64. The molecule has 5 heteroatoms. The van der Waals surface area contributed by atoms with E-state index in [1.54, 1.807) is 0 Å². The van der Waals surface area contributed by atoms with E-state index < -0.39 is 0 Å². The molecule has 0 radical (unpaired) electrons. The second-order valence-corrected chi connectivity index (χ2v) is 6.93. The van der Waals surface area contributed by atoms with Crippen molar-refractivity contribution in [1.29, 1.82) is 0 Å². The number of hydrogen-bond donors (Lipinski definition) is 1. The first kappa shape index (κ1) is 23.8. The Morgan fingerprint density at radius 1 is 0.963 bits per heavy atom. The van der Waals surface area contributed by atoms with Gasteiger partial charge >= 0.3 is 0 Å². The second-order valence-electron chi connectivity index (χ2n) is 6.93. The van der Waals surface area contributed by atoms with Crippen LogP contribution in [0.25, 0.3) is 0 Å². The summed E-state index contributed by atoms with van der Waals surface area (Å²) in [5.74, 6) is 1.62. The molecule has 0 spiro atoms. The zero-order valence-corrected chi connectivity index (χ0v) is 17.9. The summed E-state index contributed by atoms with van der Waals surface area (Å²) in [6, 6.07) is 19.4. The zero-order valence-electron chi connectivity index (χ0n) is 16.3. The van der Waals surface area contributed by atoms with Gasteiger partial charge in [0.05, 0.1) is 0 Å². The second kappa shape index (κ2) is 12.2. The molecular weight excluding hydrogens is 379 g/mol. The van der Waals surface area contributed by atoms with Gasteiger partial charge in [-0.2, -0.15) is 0 Å². The molecule has 1 saturated heterocycles. The van der Waals surface area contributed by atoms with Crippen LogP contribution in [0.4, 0.5) is 0 Å². The topological polar surface area (TPSA) is 24.5 Å². The number of benzene rings is 2. The van der Waals surface area contributed by atoms with Crippen LogP contribution in [0.15, 0.2) is 54.6 Å². The number of nitrogens with one attached hydrogen (secondary N) is 1. The molecule has 1 fully saturated rings. The lowest BCUT2D eigenvalue weighted by atomic mass is 9.90. The summed E-state index contributed by atoms with van der Waals surface area (Å²) < 4.78 is 6.25. The van der Waals surface area contributed by atoms with E-state index in [0.717, 1.165) is 31.9 Å². The first-order valence-electron chi connectivity index (χ1n) is 9.50. The number of nitrogens with zero attached hydrogens (tertiary/aromatic N) is 1. The molecule has 0 bridgehead atoms. The van der Waals surface area contributed by atoms with Gasteiger partial charge in [-0.15, -0.1) is 24.8 Å². The molecule has 1 aliphatic heterocycles. The molecule has 0 aromatic heterocycles. The van der Waals surface area contributed by atoms with Crippen LogP contribution in [-0.2, 0) is 6.61 Å². The Hall–Kier alpha value is -1.26. The van der Waals surface area contributed by atoms with E-state index in [9.17, 15) is 0 Å². The number of para-hydroxylation sites is 1. The minimum atomic E-state index is 0. The van der Waals surface area contributed by atoms with Crippen molar-refractivity contribution in [2.24, 2.45) is 5.92 Å². The molecule has 2 atom stereocenters. The molecule has 1 N–H and O–H groups in total. The monoisotopic (exact) mass is 410 g/mol. The van der Waals surface area contributed by atoms with Crippen molar-refractivity contribution in [3.63, 3.8) is 0 Å². The summed E-state index contributed by atoms with van der Waals surface area (Å²) in [7, 11) is 0. The summed E-state index contributed by atoms with van der Waals surface area (Å²) in [4.78, 5) is 2.62. The Kier molecular flexibility index (Phi) is 10.8. The van der Waals surface area contributed by atoms with Crippen LogP contribution in [0.2, 0.25) is 0 Å². The Bertz CT molecular complexity index is 648. The van der Waals surface area contributed by atoms with Gasteiger partial charge in [-0.1, -0.05) is 68.8 Å². The molecule has 0 saturated carbocycles. The summed E-state index contributed by atoms with van der Waals surface area (Å²) in [5.41, 5.74) is 2.54. The van der Waals surface area contributed by atoms with Crippen molar-refractivity contribution < 1.29 is 4.74 Å². The molecular formula is C22H32Cl2N2O. The lowest BCUT2D eigenvalue weighted by Gasteiger charge is -2.39. The van der Waals surface area contributed by atoms with Crippen LogP contribution in [0, 0.1) is 5.92 Å². The smallest absolute Gasteiger partial charge is 0.124 e. The number of halogens is 2. The largest absolute Gasteiger partial charge is 0.489 e. The van der Waals surface area contributed by atoms with E-state index in [0.29, 0.717) is 18.6 Å². The molecule has 1 aliphatic rings. The quantitative estimate of drug-likeness (QED) is 0.686. The third-order valence-corrected chi connectivity index (χ3v) is 5.20. The maximum Gasteiger partial charge on any atom is 0.124 e. The molecule has 27 heavy (non-hydrogen) atoms. The van der Waals surface area contributed by atoms with E-state index in [-0.39, 0.29) is 24.8 Å². The van der Waals surface area contributed by atoms with Crippen molar-refractivity contribution in [2.45, 2.75) is 32.9 Å². The summed E-state index contributed by atoms with van der Waals surface area (Å²) in [6.45, 7) is 9.60. The van der Waals surface area contributed by atoms with Crippen LogP contribution in [0.1, 0.15) is 37.4 Å². The third-order valence-electron chi connectivity index (χ3n) is 5.20. The molecule has 0 amide bonds. The van der Waals surface area contributed by atoms with Crippen molar-refractivity contribution in [3.05, 3.63) is 65.7 Å². The Labute approximate surface area is 176 Å². The molecule has 0 aliphatic carbocycles. The van der Waals surface area contributed by atoms with Gasteiger partial charge in [-0.25, -0.2) is 0 Å². The first-order chi connectivity index (χ1) is 12.3. The van der Waals surface area contributed by atoms with Crippen molar-refractivity contribution in [2.75, 3.05) is 26.2 Å². The molecule has 2 aromatic carbocycles. The highest BCUT2D eigenvalue weighted by atomic mass is 35.5. The van der Waals surface area contributed by atoms with Gasteiger partial charge in [0.1, 0.15) is 12.4 Å². The highest BCUT2D eigenvalue weighted by Crippen LogP contribution is 2.36. The Morgan fingerprint density at radius 2 is 1.59 bits per heavy atom. The number of piperazine rings is 1. The fourth-order valence-electron chi connectivity index (χ4n) is 3.64. The average molecular weight is 411 g/mol. The molecule has 1 unspecified atom stereocenters. The van der Waals surface area contributed by atoms with Gasteiger partial charge in [-0.05, 0) is 17.5 Å². The number of hydrogen-bond acceptors (Lipinski definition) is 3. The molecule has 3 rings (SSSR count). The van der Waals surface area contributed by atoms with Crippen LogP contribution in [0.3, 0.4) is 0 Å². The minimum Gasteiger partial charge on any atom is -0.489 e. The highest BCUT2D eigenvalue weighted by Gasteiger charge is 2.28. The predicted molar refractivity (Wildman–Crippen MR) is 118 cm³/mol. The van der Waals surface area contributed by atoms with Gasteiger partial charge < -0.3 is 10.1 Å². The predicted octanol–water partition coefficient (Wildman–Crippen LogP) is 5.10. The molecule has 3 nitrogen and oxygen atoms in total. The number of rotatable bonds is 7. The standard InChI is InChI=1S/C22H30N2O.2ClH/c1-3-18(2)22(24-15-13-23-14-16-24)20-11-7-8-12-21(20)25-17-19-9-5-4-6-10-19;;/h4-12,18,22-23H,3,13-17H2,1-2H3;2*1H/t18?,22-;;/m0../s1. The van der Waals surface area contributed by atoms with Crippen LogP contribution >= 0.6 is 24.8 Å². The molecule has 1 heterocycles. The van der Waals surface area contributed by atoms with E-state index in [4.69, 9.17) is 4.74 Å². The fraction of sp³-hybridized carbons (Fsp3) is 0.455. The first-order valence-corrected chi connectivity index (χ1v) is 9.50. The average Bonchev–Trinajstić information content (AvgIpc) is 2.69. The lowest BCUT2D eigenvalue weighted by Crippen LogP contribution is -2.46. The van der Waals surface area contributed by atoms with Gasteiger partial charge in [0.25, 0.3) is 0 Å². The van der Waals surface area contributed by atoms with Crippen molar-refractivity contribution in [1.82, 2.24) is 10.2 Å². The van der Waals surface area contributed by atoms with Crippen LogP contribution in [0.5, 0.6) is 5.75 Å². The SMILES string of the molecule is CCC(C)[C@@H](c1ccccc1OCc1ccccc1)N1CCNCC1.Cl.Cl. The highest BCUT2D eigenvalue weighted by molar-refractivity contribution is 5.85. The van der Waals surface area contributed by atoms with Gasteiger partial charge in [0, 0.05) is 37.8 Å². The van der Waals surface area contributed by atoms with E-state index in [1.807, 2.05) is 6.07 Å². The molecule has 150 valence electrons. The van der Waals surface area contributed by atoms with E-state index in [2.05, 4.69) is 72.6 Å². The summed E-state index contributed by atoms with van der Waals surface area (Å²) in [5, 5.41) is 3.47. The zero-order chi connectivity index (χ0) is 17.5. The van der Waals surface area contributed by atoms with E-state index >= 15 is 0 Å².